The van der Waals surface area contributed by atoms with E-state index in [1.807, 2.05) is 24.7 Å². The number of pyridine rings is 1. The summed E-state index contributed by atoms with van der Waals surface area (Å²) < 4.78 is 34.2. The standard InChI is InChI=1S/C20H20F2N4O2.ClH/c1-12-11-25(2)18-17(12)16(20(27)26-3-5-28-6-4-26)10-23-19(18)24-15-8-13(21)7-14(22)9-15;/h7-11H,3-6H2,1-2H3,(H,23,24);1H. The molecular weight excluding hydrogens is 402 g/mol. The van der Waals surface area contributed by atoms with E-state index in [1.54, 1.807) is 4.90 Å². The van der Waals surface area contributed by atoms with Crippen molar-refractivity contribution in [2.45, 2.75) is 6.92 Å². The van der Waals surface area contributed by atoms with Gasteiger partial charge in [-0.05, 0) is 24.6 Å². The first-order valence-electron chi connectivity index (χ1n) is 8.99. The maximum atomic E-state index is 13.5. The quantitative estimate of drug-likeness (QED) is 0.697. The summed E-state index contributed by atoms with van der Waals surface area (Å²) in [5.41, 5.74) is 2.37. The molecule has 1 amide bonds. The number of morpholine rings is 1. The van der Waals surface area contributed by atoms with Gasteiger partial charge in [0.15, 0.2) is 5.82 Å². The van der Waals surface area contributed by atoms with Crippen LogP contribution in [0, 0.1) is 18.6 Å². The molecule has 0 bridgehead atoms. The molecule has 1 fully saturated rings. The van der Waals surface area contributed by atoms with Gasteiger partial charge in [0.05, 0.1) is 24.3 Å². The van der Waals surface area contributed by atoms with Gasteiger partial charge in [-0.2, -0.15) is 0 Å². The number of halogens is 3. The van der Waals surface area contributed by atoms with Gasteiger partial charge in [-0.1, -0.05) is 0 Å². The van der Waals surface area contributed by atoms with E-state index >= 15 is 0 Å². The molecule has 9 heteroatoms. The van der Waals surface area contributed by atoms with Gasteiger partial charge in [0.25, 0.3) is 5.91 Å². The van der Waals surface area contributed by atoms with E-state index in [1.165, 1.54) is 18.3 Å². The topological polar surface area (TPSA) is 59.4 Å². The molecule has 4 rings (SSSR count). The molecule has 0 radical (unpaired) electrons. The number of anilines is 2. The van der Waals surface area contributed by atoms with Gasteiger partial charge < -0.3 is 19.5 Å². The molecule has 1 aliphatic heterocycles. The van der Waals surface area contributed by atoms with Gasteiger partial charge in [0, 0.05) is 49.7 Å². The van der Waals surface area contributed by atoms with E-state index in [0.717, 1.165) is 17.0 Å². The van der Waals surface area contributed by atoms with Crippen molar-refractivity contribution in [1.29, 1.82) is 0 Å². The number of aryl methyl sites for hydroxylation is 2. The fraction of sp³-hybridized carbons (Fsp3) is 0.300. The highest BCUT2D eigenvalue weighted by molar-refractivity contribution is 6.10. The Kier molecular flexibility index (Phi) is 6.04. The summed E-state index contributed by atoms with van der Waals surface area (Å²) in [6.45, 7) is 4.02. The summed E-state index contributed by atoms with van der Waals surface area (Å²) in [7, 11) is 1.84. The van der Waals surface area contributed by atoms with Crippen molar-refractivity contribution in [3.05, 3.63) is 53.4 Å². The summed E-state index contributed by atoms with van der Waals surface area (Å²) in [4.78, 5) is 19.2. The zero-order chi connectivity index (χ0) is 19.8. The number of hydrogen-bond acceptors (Lipinski definition) is 4. The van der Waals surface area contributed by atoms with Crippen LogP contribution >= 0.6 is 12.4 Å². The molecule has 29 heavy (non-hydrogen) atoms. The molecular formula is C20H21ClF2N4O2. The lowest BCUT2D eigenvalue weighted by Crippen LogP contribution is -2.40. The fourth-order valence-corrected chi connectivity index (χ4v) is 3.62. The van der Waals surface area contributed by atoms with Crippen LogP contribution in [-0.2, 0) is 11.8 Å². The maximum absolute atomic E-state index is 13.5. The Morgan fingerprint density at radius 3 is 2.48 bits per heavy atom. The van der Waals surface area contributed by atoms with E-state index in [2.05, 4.69) is 10.3 Å². The SMILES string of the molecule is Cc1cn(C)c2c(Nc3cc(F)cc(F)c3)ncc(C(=O)N3CCOCC3)c12.Cl. The Bertz CT molecular complexity index is 1040. The predicted octanol–water partition coefficient (Wildman–Crippen LogP) is 3.80. The summed E-state index contributed by atoms with van der Waals surface area (Å²) >= 11 is 0. The maximum Gasteiger partial charge on any atom is 0.256 e. The predicted molar refractivity (Wildman–Crippen MR) is 109 cm³/mol. The molecule has 6 nitrogen and oxygen atoms in total. The number of nitrogens with one attached hydrogen (secondary N) is 1. The summed E-state index contributed by atoms with van der Waals surface area (Å²) in [5, 5.41) is 3.74. The monoisotopic (exact) mass is 422 g/mol. The number of ether oxygens (including phenoxy) is 1. The molecule has 3 aromatic rings. The molecule has 0 saturated carbocycles. The number of carbonyl (C=O) groups is 1. The van der Waals surface area contributed by atoms with Gasteiger partial charge in [-0.25, -0.2) is 13.8 Å². The molecule has 3 heterocycles. The first-order chi connectivity index (χ1) is 13.4. The van der Waals surface area contributed by atoms with Crippen LogP contribution in [0.15, 0.2) is 30.6 Å². The summed E-state index contributed by atoms with van der Waals surface area (Å²) in [6.07, 6.45) is 3.42. The zero-order valence-corrected chi connectivity index (χ0v) is 16.9. The first kappa shape index (κ1) is 21.0. The lowest BCUT2D eigenvalue weighted by atomic mass is 10.1. The molecule has 0 spiro atoms. The van der Waals surface area contributed by atoms with Crippen LogP contribution in [0.1, 0.15) is 15.9 Å². The Morgan fingerprint density at radius 1 is 1.17 bits per heavy atom. The second-order valence-electron chi connectivity index (χ2n) is 6.85. The molecule has 1 N–H and O–H groups in total. The number of amides is 1. The number of hydrogen-bond donors (Lipinski definition) is 1. The van der Waals surface area contributed by atoms with Gasteiger partial charge in [0.2, 0.25) is 0 Å². The minimum Gasteiger partial charge on any atom is -0.378 e. The van der Waals surface area contributed by atoms with Gasteiger partial charge in [0.1, 0.15) is 11.6 Å². The lowest BCUT2D eigenvalue weighted by Gasteiger charge is -2.27. The van der Waals surface area contributed by atoms with Crippen molar-refractivity contribution in [3.63, 3.8) is 0 Å². The van der Waals surface area contributed by atoms with Gasteiger partial charge in [-0.3, -0.25) is 4.79 Å². The molecule has 154 valence electrons. The average Bonchev–Trinajstić information content (AvgIpc) is 2.96. The average molecular weight is 423 g/mol. The Balaban J connectivity index is 0.00000240. The third kappa shape index (κ3) is 4.04. The van der Waals surface area contributed by atoms with E-state index in [4.69, 9.17) is 4.74 Å². The highest BCUT2D eigenvalue weighted by Crippen LogP contribution is 2.31. The first-order valence-corrected chi connectivity index (χ1v) is 8.99. The van der Waals surface area contributed by atoms with Crippen molar-refractivity contribution in [1.82, 2.24) is 14.5 Å². The molecule has 2 aromatic heterocycles. The second-order valence-corrected chi connectivity index (χ2v) is 6.85. The van der Waals surface area contributed by atoms with Crippen LogP contribution in [-0.4, -0.2) is 46.7 Å². The number of aromatic nitrogens is 2. The highest BCUT2D eigenvalue weighted by atomic mass is 35.5. The van der Waals surface area contributed by atoms with Crippen LogP contribution in [0.4, 0.5) is 20.3 Å². The number of rotatable bonds is 3. The molecule has 0 aliphatic carbocycles. The minimum absolute atomic E-state index is 0. The van der Waals surface area contributed by atoms with Crippen molar-refractivity contribution < 1.29 is 18.3 Å². The number of carbonyl (C=O) groups excluding carboxylic acids is 1. The summed E-state index contributed by atoms with van der Waals surface area (Å²) in [6, 6.07) is 3.20. The van der Waals surface area contributed by atoms with Crippen molar-refractivity contribution >= 4 is 40.7 Å². The van der Waals surface area contributed by atoms with Crippen LogP contribution < -0.4 is 5.32 Å². The highest BCUT2D eigenvalue weighted by Gasteiger charge is 2.24. The summed E-state index contributed by atoms with van der Waals surface area (Å²) in [5.74, 6) is -1.03. The normalized spacial score (nSPS) is 14.0. The van der Waals surface area contributed by atoms with Gasteiger partial charge >= 0.3 is 0 Å². The molecule has 1 aromatic carbocycles. The van der Waals surface area contributed by atoms with Crippen LogP contribution in [0.5, 0.6) is 0 Å². The zero-order valence-electron chi connectivity index (χ0n) is 16.0. The molecule has 1 saturated heterocycles. The number of nitrogens with zero attached hydrogens (tertiary/aromatic N) is 3. The van der Waals surface area contributed by atoms with E-state index < -0.39 is 11.6 Å². The minimum atomic E-state index is -0.680. The third-order valence-electron chi connectivity index (χ3n) is 4.84. The molecule has 0 atom stereocenters. The Morgan fingerprint density at radius 2 is 1.83 bits per heavy atom. The number of fused-ring (bicyclic) bond motifs is 1. The Labute approximate surface area is 172 Å². The van der Waals surface area contributed by atoms with Crippen LogP contribution in [0.25, 0.3) is 10.9 Å². The van der Waals surface area contributed by atoms with E-state index in [9.17, 15) is 13.6 Å². The fourth-order valence-electron chi connectivity index (χ4n) is 3.62. The van der Waals surface area contributed by atoms with Crippen molar-refractivity contribution in [3.8, 4) is 0 Å². The Hall–Kier alpha value is -2.71. The molecule has 0 unspecified atom stereocenters. The van der Waals surface area contributed by atoms with Crippen LogP contribution in [0.3, 0.4) is 0 Å². The van der Waals surface area contributed by atoms with Crippen LogP contribution in [0.2, 0.25) is 0 Å². The van der Waals surface area contributed by atoms with Crippen molar-refractivity contribution in [2.24, 2.45) is 7.05 Å². The second kappa shape index (κ2) is 8.34. The number of benzene rings is 1. The third-order valence-corrected chi connectivity index (χ3v) is 4.84. The van der Waals surface area contributed by atoms with E-state index in [-0.39, 0.29) is 24.0 Å². The smallest absolute Gasteiger partial charge is 0.256 e. The largest absolute Gasteiger partial charge is 0.378 e. The molecule has 1 aliphatic rings. The van der Waals surface area contributed by atoms with Gasteiger partial charge in [-0.15, -0.1) is 12.4 Å². The van der Waals surface area contributed by atoms with E-state index in [0.29, 0.717) is 43.2 Å². The van der Waals surface area contributed by atoms with Crippen molar-refractivity contribution in [2.75, 3.05) is 31.6 Å². The lowest BCUT2D eigenvalue weighted by molar-refractivity contribution is 0.0304.